The summed E-state index contributed by atoms with van der Waals surface area (Å²) in [4.78, 5) is 24.6. The summed E-state index contributed by atoms with van der Waals surface area (Å²) in [7, 11) is 0. The number of hydrogen-bond acceptors (Lipinski definition) is 4. The number of fused-ring (bicyclic) bond motifs is 5. The molecule has 4 nitrogen and oxygen atoms in total. The van der Waals surface area contributed by atoms with Crippen LogP contribution in [0.2, 0.25) is 0 Å². The Labute approximate surface area is 182 Å². The maximum atomic E-state index is 17.0. The van der Waals surface area contributed by atoms with E-state index in [-0.39, 0.29) is 46.6 Å². The zero-order chi connectivity index (χ0) is 22.1. The fourth-order valence-corrected chi connectivity index (χ4v) is 7.51. The number of ketones is 1. The van der Waals surface area contributed by atoms with E-state index in [1.165, 1.54) is 0 Å². The Bertz CT molecular complexity index is 848. The van der Waals surface area contributed by atoms with Gasteiger partial charge in [-0.3, -0.25) is 9.59 Å². The Balaban J connectivity index is 1.64. The van der Waals surface area contributed by atoms with E-state index in [1.807, 2.05) is 13.0 Å². The molecule has 4 aliphatic rings. The van der Waals surface area contributed by atoms with Crippen molar-refractivity contribution in [3.8, 4) is 0 Å². The van der Waals surface area contributed by atoms with Gasteiger partial charge in [-0.2, -0.15) is 0 Å². The van der Waals surface area contributed by atoms with Gasteiger partial charge in [-0.1, -0.05) is 24.6 Å². The van der Waals surface area contributed by atoms with Crippen molar-refractivity contribution in [1.82, 2.24) is 0 Å². The molecule has 4 aliphatic carbocycles. The monoisotopic (exact) mass is 438 g/mol. The number of ether oxygens (including phenoxy) is 1. The van der Waals surface area contributed by atoms with Crippen LogP contribution in [-0.2, 0) is 14.3 Å². The van der Waals surface area contributed by atoms with Gasteiger partial charge in [0.1, 0.15) is 11.8 Å². The number of hydrogen-bond donors (Lipinski definition) is 1. The smallest absolute Gasteiger partial charge is 0.308 e. The highest BCUT2D eigenvalue weighted by molar-refractivity contribution is 6.45. The Morgan fingerprint density at radius 2 is 2.00 bits per heavy atom. The highest BCUT2D eigenvalue weighted by Crippen LogP contribution is 2.68. The molecule has 0 aliphatic heterocycles. The van der Waals surface area contributed by atoms with Gasteiger partial charge in [-0.15, -0.1) is 0 Å². The second kappa shape index (κ2) is 7.16. The lowest BCUT2D eigenvalue weighted by Crippen LogP contribution is -2.60. The molecule has 30 heavy (non-hydrogen) atoms. The van der Waals surface area contributed by atoms with E-state index >= 15 is 4.39 Å². The number of esters is 1. The van der Waals surface area contributed by atoms with Crippen LogP contribution in [-0.4, -0.2) is 34.7 Å². The summed E-state index contributed by atoms with van der Waals surface area (Å²) < 4.78 is 22.8. The SMILES string of the molecule is CC1=C[C@@]2(C)C(=C(Cl)C1=O)CC[C@H]1[C@@H]3CC[C@@H](OC(=O)CC(C)O)[C@@]3(C)CC[C@@]12F. The van der Waals surface area contributed by atoms with Crippen LogP contribution in [0, 0.1) is 22.7 Å². The van der Waals surface area contributed by atoms with Crippen molar-refractivity contribution in [1.29, 1.82) is 0 Å². The molecular formula is C24H32ClFO4. The highest BCUT2D eigenvalue weighted by Gasteiger charge is 2.67. The second-order valence-corrected chi connectivity index (χ2v) is 10.8. The number of halogens is 2. The first kappa shape index (κ1) is 22.0. The van der Waals surface area contributed by atoms with Crippen LogP contribution < -0.4 is 0 Å². The molecule has 0 saturated heterocycles. The van der Waals surface area contributed by atoms with E-state index in [1.54, 1.807) is 13.8 Å². The lowest BCUT2D eigenvalue weighted by Gasteiger charge is -2.60. The molecule has 4 rings (SSSR count). The molecule has 0 radical (unpaired) electrons. The highest BCUT2D eigenvalue weighted by atomic mass is 35.5. The third-order valence-electron chi connectivity index (χ3n) is 8.68. The summed E-state index contributed by atoms with van der Waals surface area (Å²) in [5.74, 6) is -0.611. The summed E-state index contributed by atoms with van der Waals surface area (Å²) in [5.41, 5.74) is -1.33. The van der Waals surface area contributed by atoms with Crippen molar-refractivity contribution in [2.75, 3.05) is 0 Å². The number of carbonyl (C=O) groups is 2. The average molecular weight is 439 g/mol. The number of carbonyl (C=O) groups excluding carboxylic acids is 2. The molecule has 0 heterocycles. The van der Waals surface area contributed by atoms with Gasteiger partial charge in [0.2, 0.25) is 0 Å². The van der Waals surface area contributed by atoms with Gasteiger partial charge in [-0.05, 0) is 82.3 Å². The molecule has 0 spiro atoms. The number of aliphatic hydroxyl groups is 1. The fourth-order valence-electron chi connectivity index (χ4n) is 7.07. The third-order valence-corrected chi connectivity index (χ3v) is 9.08. The topological polar surface area (TPSA) is 63.6 Å². The number of aliphatic hydroxyl groups excluding tert-OH is 1. The Hall–Kier alpha value is -1.20. The van der Waals surface area contributed by atoms with Gasteiger partial charge in [0.25, 0.3) is 0 Å². The third kappa shape index (κ3) is 2.95. The Morgan fingerprint density at radius 1 is 1.30 bits per heavy atom. The lowest BCUT2D eigenvalue weighted by atomic mass is 9.46. The molecule has 3 fully saturated rings. The molecule has 7 atom stereocenters. The first-order valence-electron chi connectivity index (χ1n) is 11.1. The van der Waals surface area contributed by atoms with Crippen molar-refractivity contribution < 1.29 is 23.8 Å². The van der Waals surface area contributed by atoms with Gasteiger partial charge in [0.05, 0.1) is 17.6 Å². The maximum Gasteiger partial charge on any atom is 0.308 e. The Morgan fingerprint density at radius 3 is 2.67 bits per heavy atom. The summed E-state index contributed by atoms with van der Waals surface area (Å²) in [6.07, 6.45) is 4.65. The van der Waals surface area contributed by atoms with Crippen LogP contribution in [0.4, 0.5) is 4.39 Å². The average Bonchev–Trinajstić information content (AvgIpc) is 2.97. The van der Waals surface area contributed by atoms with Crippen LogP contribution in [0.5, 0.6) is 0 Å². The van der Waals surface area contributed by atoms with Gasteiger partial charge in [0, 0.05) is 10.8 Å². The number of Topliss-reactive ketones (excluding diaryl/α,β-unsaturated/α-hetero) is 1. The summed E-state index contributed by atoms with van der Waals surface area (Å²) in [6.45, 7) is 7.34. The van der Waals surface area contributed by atoms with Crippen molar-refractivity contribution in [3.63, 3.8) is 0 Å². The first-order valence-corrected chi connectivity index (χ1v) is 11.5. The van der Waals surface area contributed by atoms with Crippen molar-refractivity contribution >= 4 is 23.4 Å². The Kier molecular flexibility index (Phi) is 5.25. The molecular weight excluding hydrogens is 407 g/mol. The molecule has 1 N–H and O–H groups in total. The standard InChI is InChI=1S/C24H32ClFO4/c1-13-12-23(4)17(20(25)21(13)29)6-5-16-15-7-8-18(30-19(28)11-14(2)27)22(15,3)9-10-24(16,23)26/h12,14-16,18,27H,5-11H2,1-4H3/t14?,15-,16-,18+,22-,23-,24+/m0/s1. The molecule has 0 aromatic heterocycles. The summed E-state index contributed by atoms with van der Waals surface area (Å²) >= 11 is 6.42. The van der Waals surface area contributed by atoms with Gasteiger partial charge >= 0.3 is 5.97 Å². The van der Waals surface area contributed by atoms with E-state index in [9.17, 15) is 14.7 Å². The largest absolute Gasteiger partial charge is 0.462 e. The summed E-state index contributed by atoms with van der Waals surface area (Å²) in [6, 6.07) is 0. The van der Waals surface area contributed by atoms with E-state index in [0.717, 1.165) is 18.4 Å². The van der Waals surface area contributed by atoms with Crippen LogP contribution in [0.1, 0.15) is 72.6 Å². The summed E-state index contributed by atoms with van der Waals surface area (Å²) in [5, 5.41) is 9.69. The van der Waals surface area contributed by atoms with Crippen LogP contribution >= 0.6 is 11.6 Å². The van der Waals surface area contributed by atoms with Gasteiger partial charge in [0.15, 0.2) is 5.78 Å². The number of alkyl halides is 1. The van der Waals surface area contributed by atoms with E-state index < -0.39 is 17.2 Å². The first-order chi connectivity index (χ1) is 13.9. The molecule has 0 amide bonds. The van der Waals surface area contributed by atoms with Crippen LogP contribution in [0.15, 0.2) is 22.3 Å². The van der Waals surface area contributed by atoms with Crippen molar-refractivity contribution in [2.45, 2.75) is 90.5 Å². The molecule has 3 saturated carbocycles. The van der Waals surface area contributed by atoms with Gasteiger partial charge < -0.3 is 9.84 Å². The van der Waals surface area contributed by atoms with E-state index in [0.29, 0.717) is 31.3 Å². The predicted molar refractivity (Wildman–Crippen MR) is 113 cm³/mol. The number of allylic oxidation sites excluding steroid dienone is 4. The minimum atomic E-state index is -1.47. The molecule has 0 aromatic carbocycles. The van der Waals surface area contributed by atoms with Gasteiger partial charge in [-0.25, -0.2) is 4.39 Å². The van der Waals surface area contributed by atoms with Crippen LogP contribution in [0.25, 0.3) is 0 Å². The predicted octanol–water partition coefficient (Wildman–Crippen LogP) is 5.03. The van der Waals surface area contributed by atoms with E-state index in [4.69, 9.17) is 16.3 Å². The van der Waals surface area contributed by atoms with Crippen LogP contribution in [0.3, 0.4) is 0 Å². The van der Waals surface area contributed by atoms with Crippen molar-refractivity contribution in [2.24, 2.45) is 22.7 Å². The maximum absolute atomic E-state index is 17.0. The molecule has 0 aromatic rings. The molecule has 6 heteroatoms. The normalized spacial score (nSPS) is 44.0. The zero-order valence-corrected chi connectivity index (χ0v) is 19.0. The quantitative estimate of drug-likeness (QED) is 0.628. The fraction of sp³-hybridized carbons (Fsp3) is 0.750. The molecule has 0 bridgehead atoms. The second-order valence-electron chi connectivity index (χ2n) is 10.4. The lowest BCUT2D eigenvalue weighted by molar-refractivity contribution is -0.169. The minimum absolute atomic E-state index is 0.0173. The minimum Gasteiger partial charge on any atom is -0.462 e. The molecule has 1 unspecified atom stereocenters. The van der Waals surface area contributed by atoms with Crippen molar-refractivity contribution in [3.05, 3.63) is 22.3 Å². The molecule has 166 valence electrons. The zero-order valence-electron chi connectivity index (χ0n) is 18.3. The van der Waals surface area contributed by atoms with E-state index in [2.05, 4.69) is 6.92 Å². The number of rotatable bonds is 3.